The number of para-hydroxylation sites is 1. The number of nitrogens with one attached hydrogen (secondary N) is 3. The molecular formula is C23H23ClN4O4S. The summed E-state index contributed by atoms with van der Waals surface area (Å²) in [5.41, 5.74) is 4.77. The van der Waals surface area contributed by atoms with Crippen LogP contribution in [0.1, 0.15) is 31.0 Å². The van der Waals surface area contributed by atoms with Gasteiger partial charge in [0, 0.05) is 16.3 Å². The maximum absolute atomic E-state index is 12.6. The molecule has 172 valence electrons. The van der Waals surface area contributed by atoms with Gasteiger partial charge >= 0.3 is 5.97 Å². The third-order valence-electron chi connectivity index (χ3n) is 4.60. The molecule has 0 fully saturated rings. The molecule has 2 aromatic rings. The third-order valence-corrected chi connectivity index (χ3v) is 5.06. The Balaban J connectivity index is 1.72. The highest BCUT2D eigenvalue weighted by Crippen LogP contribution is 2.33. The molecule has 33 heavy (non-hydrogen) atoms. The number of hydrazone groups is 1. The highest BCUT2D eigenvalue weighted by molar-refractivity contribution is 7.80. The fraction of sp³-hybridized carbons (Fsp3) is 0.217. The first-order valence-corrected chi connectivity index (χ1v) is 10.9. The van der Waals surface area contributed by atoms with E-state index in [1.807, 2.05) is 6.07 Å². The average Bonchev–Trinajstić information content (AvgIpc) is 2.77. The minimum atomic E-state index is -0.599. The lowest BCUT2D eigenvalue weighted by molar-refractivity contribution is -0.139. The molecule has 0 bridgehead atoms. The second kappa shape index (κ2) is 11.4. The Kier molecular flexibility index (Phi) is 8.39. The van der Waals surface area contributed by atoms with E-state index in [-0.39, 0.29) is 13.2 Å². The number of halogens is 1. The van der Waals surface area contributed by atoms with Crippen molar-refractivity contribution in [1.29, 1.82) is 0 Å². The minimum Gasteiger partial charge on any atom is -0.483 e. The van der Waals surface area contributed by atoms with Crippen LogP contribution in [0.25, 0.3) is 0 Å². The van der Waals surface area contributed by atoms with E-state index in [0.717, 1.165) is 5.56 Å². The number of ether oxygens (including phenoxy) is 2. The molecule has 1 aliphatic heterocycles. The predicted molar refractivity (Wildman–Crippen MR) is 130 cm³/mol. The lowest BCUT2D eigenvalue weighted by atomic mass is 9.95. The van der Waals surface area contributed by atoms with Crippen molar-refractivity contribution in [3.63, 3.8) is 0 Å². The van der Waals surface area contributed by atoms with Gasteiger partial charge in [0.15, 0.2) is 11.7 Å². The number of hydrogen-bond acceptors (Lipinski definition) is 6. The maximum Gasteiger partial charge on any atom is 0.338 e. The van der Waals surface area contributed by atoms with Gasteiger partial charge in [0.1, 0.15) is 5.75 Å². The van der Waals surface area contributed by atoms with Crippen molar-refractivity contribution in [2.45, 2.75) is 19.9 Å². The van der Waals surface area contributed by atoms with Crippen LogP contribution in [-0.2, 0) is 14.3 Å². The van der Waals surface area contributed by atoms with Gasteiger partial charge in [-0.3, -0.25) is 4.79 Å². The van der Waals surface area contributed by atoms with E-state index in [9.17, 15) is 9.59 Å². The number of esters is 1. The summed E-state index contributed by atoms with van der Waals surface area (Å²) in [6.45, 7) is 3.44. The number of allylic oxidation sites excluding steroid dienone is 1. The van der Waals surface area contributed by atoms with Crippen molar-refractivity contribution in [3.05, 3.63) is 76.0 Å². The molecule has 0 spiro atoms. The summed E-state index contributed by atoms with van der Waals surface area (Å²) in [5, 5.41) is 10.9. The number of benzene rings is 2. The normalized spacial score (nSPS) is 15.6. The smallest absolute Gasteiger partial charge is 0.338 e. The van der Waals surface area contributed by atoms with Crippen molar-refractivity contribution < 1.29 is 19.1 Å². The summed E-state index contributed by atoms with van der Waals surface area (Å²) in [6.07, 6.45) is 1.48. The van der Waals surface area contributed by atoms with Gasteiger partial charge in [0.25, 0.3) is 5.91 Å². The summed E-state index contributed by atoms with van der Waals surface area (Å²) >= 11 is 11.2. The number of carbonyl (C=O) groups excluding carboxylic acids is 2. The Morgan fingerprint density at radius 1 is 1.24 bits per heavy atom. The summed E-state index contributed by atoms with van der Waals surface area (Å²) < 4.78 is 11.0. The van der Waals surface area contributed by atoms with Crippen LogP contribution in [0.5, 0.6) is 5.75 Å². The molecule has 10 heteroatoms. The summed E-state index contributed by atoms with van der Waals surface area (Å²) in [7, 11) is 0. The summed E-state index contributed by atoms with van der Waals surface area (Å²) in [5.74, 6) is -0.497. The molecule has 2 aromatic carbocycles. The topological polar surface area (TPSA) is 101 Å². The molecule has 1 atom stereocenters. The van der Waals surface area contributed by atoms with Crippen molar-refractivity contribution in [2.24, 2.45) is 5.10 Å². The molecule has 0 aromatic heterocycles. The van der Waals surface area contributed by atoms with Gasteiger partial charge in [-0.2, -0.15) is 5.10 Å². The SMILES string of the molecule is CCOC(=O)C1=C(C)NC(=S)N[C@@H]1c1ccccc1OCC(=O)NN=Cc1cccc(Cl)c1. The minimum absolute atomic E-state index is 0.237. The van der Waals surface area contributed by atoms with Gasteiger partial charge in [0.05, 0.1) is 24.4 Å². The lowest BCUT2D eigenvalue weighted by Gasteiger charge is -2.30. The highest BCUT2D eigenvalue weighted by Gasteiger charge is 2.32. The number of thiocarbonyl (C=S) groups is 1. The first kappa shape index (κ1) is 24.2. The zero-order valence-electron chi connectivity index (χ0n) is 18.1. The summed E-state index contributed by atoms with van der Waals surface area (Å²) in [6, 6.07) is 13.5. The molecule has 3 rings (SSSR count). The van der Waals surface area contributed by atoms with Crippen molar-refractivity contribution >= 4 is 47.0 Å². The molecule has 0 aliphatic carbocycles. The third kappa shape index (κ3) is 6.53. The molecule has 0 radical (unpaired) electrons. The second-order valence-electron chi connectivity index (χ2n) is 6.97. The molecule has 8 nitrogen and oxygen atoms in total. The van der Waals surface area contributed by atoms with Gasteiger partial charge in [0.2, 0.25) is 0 Å². The monoisotopic (exact) mass is 486 g/mol. The molecular weight excluding hydrogens is 464 g/mol. The average molecular weight is 487 g/mol. The van der Waals surface area contributed by atoms with E-state index in [1.54, 1.807) is 56.3 Å². The first-order chi connectivity index (χ1) is 15.9. The van der Waals surface area contributed by atoms with Gasteiger partial charge in [-0.05, 0) is 49.8 Å². The molecule has 1 amide bonds. The standard InChI is InChI=1S/C23H23ClN4O4S/c1-3-31-22(30)20-14(2)26-23(33)27-21(20)17-9-4-5-10-18(17)32-13-19(29)28-25-12-15-7-6-8-16(24)11-15/h4-12,21H,3,13H2,1-2H3,(H,28,29)(H2,26,27,33)/t21-/m1/s1. The Bertz CT molecular complexity index is 1120. The fourth-order valence-corrected chi connectivity index (χ4v) is 3.67. The molecule has 1 aliphatic rings. The molecule has 0 saturated carbocycles. The van der Waals surface area contributed by atoms with Crippen LogP contribution in [0.2, 0.25) is 5.02 Å². The fourth-order valence-electron chi connectivity index (χ4n) is 3.20. The van der Waals surface area contributed by atoms with E-state index in [0.29, 0.717) is 32.7 Å². The van der Waals surface area contributed by atoms with Crippen LogP contribution in [0.3, 0.4) is 0 Å². The zero-order valence-corrected chi connectivity index (χ0v) is 19.6. The van der Waals surface area contributed by atoms with Crippen molar-refractivity contribution in [3.8, 4) is 5.75 Å². The lowest BCUT2D eigenvalue weighted by Crippen LogP contribution is -2.45. The second-order valence-corrected chi connectivity index (χ2v) is 7.81. The zero-order chi connectivity index (χ0) is 23.8. The van der Waals surface area contributed by atoms with Crippen molar-refractivity contribution in [1.82, 2.24) is 16.1 Å². The quantitative estimate of drug-likeness (QED) is 0.228. The maximum atomic E-state index is 12.6. The van der Waals surface area contributed by atoms with Gasteiger partial charge in [-0.1, -0.05) is 41.9 Å². The van der Waals surface area contributed by atoms with E-state index in [2.05, 4.69) is 21.2 Å². The Hall–Kier alpha value is -3.43. The number of nitrogens with zero attached hydrogens (tertiary/aromatic N) is 1. The van der Waals surface area contributed by atoms with Gasteiger partial charge in [-0.15, -0.1) is 0 Å². The number of amides is 1. The number of carbonyl (C=O) groups is 2. The van der Waals surface area contributed by atoms with E-state index in [1.165, 1.54) is 6.21 Å². The Morgan fingerprint density at radius 2 is 2.03 bits per heavy atom. The van der Waals surface area contributed by atoms with Crippen LogP contribution in [0, 0.1) is 0 Å². The van der Waals surface area contributed by atoms with Crippen LogP contribution < -0.4 is 20.8 Å². The van der Waals surface area contributed by atoms with Crippen molar-refractivity contribution in [2.75, 3.05) is 13.2 Å². The van der Waals surface area contributed by atoms with Crippen LogP contribution >= 0.6 is 23.8 Å². The van der Waals surface area contributed by atoms with E-state index < -0.39 is 17.9 Å². The van der Waals surface area contributed by atoms with E-state index in [4.69, 9.17) is 33.3 Å². The van der Waals surface area contributed by atoms with E-state index >= 15 is 0 Å². The van der Waals surface area contributed by atoms with Gasteiger partial charge < -0.3 is 20.1 Å². The van der Waals surface area contributed by atoms with Gasteiger partial charge in [-0.25, -0.2) is 10.2 Å². The first-order valence-electron chi connectivity index (χ1n) is 10.1. The molecule has 0 saturated heterocycles. The molecule has 0 unspecified atom stereocenters. The highest BCUT2D eigenvalue weighted by atomic mass is 35.5. The summed E-state index contributed by atoms with van der Waals surface area (Å²) in [4.78, 5) is 24.8. The number of hydrogen-bond donors (Lipinski definition) is 3. The molecule has 1 heterocycles. The largest absolute Gasteiger partial charge is 0.483 e. The number of rotatable bonds is 8. The Labute approximate surface area is 202 Å². The van der Waals surface area contributed by atoms with Crippen LogP contribution in [-0.4, -0.2) is 36.4 Å². The Morgan fingerprint density at radius 3 is 2.79 bits per heavy atom. The molecule has 3 N–H and O–H groups in total. The van der Waals surface area contributed by atoms with Crippen LogP contribution in [0.4, 0.5) is 0 Å². The predicted octanol–water partition coefficient (Wildman–Crippen LogP) is 3.23. The van der Waals surface area contributed by atoms with Crippen LogP contribution in [0.15, 0.2) is 64.9 Å².